The van der Waals surface area contributed by atoms with E-state index in [1.165, 1.54) is 51.4 Å². The molecule has 0 saturated carbocycles. The van der Waals surface area contributed by atoms with E-state index < -0.39 is 39.1 Å². The molecule has 0 aromatic carbocycles. The van der Waals surface area contributed by atoms with Gasteiger partial charge in [0.15, 0.2) is 6.10 Å². The normalized spacial score (nSPS) is 10.0. The summed E-state index contributed by atoms with van der Waals surface area (Å²) >= 11 is 0. The van der Waals surface area contributed by atoms with E-state index in [0.29, 0.717) is 6.42 Å². The minimum Gasteiger partial charge on any atom is -0.456 e. The first kappa shape index (κ1) is 37.4. The van der Waals surface area contributed by atoms with Crippen LogP contribution in [0.2, 0.25) is 0 Å². The second-order valence-electron chi connectivity index (χ2n) is 8.76. The van der Waals surface area contributed by atoms with Crippen LogP contribution in [0.3, 0.4) is 0 Å². The fourth-order valence-electron chi connectivity index (χ4n) is 3.25. The van der Waals surface area contributed by atoms with Crippen molar-refractivity contribution in [1.82, 2.24) is 0 Å². The minimum atomic E-state index is -4.81. The van der Waals surface area contributed by atoms with E-state index in [1.807, 2.05) is 0 Å². The lowest BCUT2D eigenvalue weighted by Crippen LogP contribution is -2.29. The van der Waals surface area contributed by atoms with Gasteiger partial charge >= 0.3 is 19.8 Å². The Bertz CT molecular complexity index is 1210. The van der Waals surface area contributed by atoms with Crippen LogP contribution in [-0.2, 0) is 28.2 Å². The maximum Gasteiger partial charge on any atom is 0.469 e. The lowest BCUT2D eigenvalue weighted by Gasteiger charge is -2.17. The van der Waals surface area contributed by atoms with Crippen molar-refractivity contribution in [1.29, 1.82) is 0 Å². The van der Waals surface area contributed by atoms with E-state index in [1.54, 1.807) is 6.92 Å². The molecule has 0 aromatic rings. The highest BCUT2D eigenvalue weighted by Gasteiger charge is 2.22. The van der Waals surface area contributed by atoms with Crippen LogP contribution in [0.5, 0.6) is 0 Å². The van der Waals surface area contributed by atoms with Gasteiger partial charge in [-0.3, -0.25) is 9.32 Å². The second-order valence-corrected chi connectivity index (χ2v) is 10.0. The molecule has 8 nitrogen and oxygen atoms in total. The van der Waals surface area contributed by atoms with Gasteiger partial charge in [0, 0.05) is 12.3 Å². The fourth-order valence-corrected chi connectivity index (χ4v) is 3.61. The third-order valence-electron chi connectivity index (χ3n) is 5.21. The number of hydrogen-bond acceptors (Lipinski definition) is 6. The maximum absolute atomic E-state index is 12.2. The number of hydrogen-bond donors (Lipinski definition) is 2. The molecule has 0 bridgehead atoms. The summed E-state index contributed by atoms with van der Waals surface area (Å²) in [4.78, 5) is 41.9. The van der Waals surface area contributed by atoms with Crippen molar-refractivity contribution >= 4 is 19.8 Å². The summed E-state index contributed by atoms with van der Waals surface area (Å²) < 4.78 is 25.6. The molecule has 0 unspecified atom stereocenters. The Hall–Kier alpha value is -3.59. The number of unbranched alkanes of at least 4 members (excludes halogenated alkanes) is 11. The Morgan fingerprint density at radius 1 is 0.683 bits per heavy atom. The van der Waals surface area contributed by atoms with Crippen LogP contribution >= 0.6 is 7.82 Å². The summed E-state index contributed by atoms with van der Waals surface area (Å²) in [7, 11) is -4.81. The molecular weight excluding hydrogens is 543 g/mol. The van der Waals surface area contributed by atoms with Gasteiger partial charge < -0.3 is 19.3 Å². The van der Waals surface area contributed by atoms with Crippen LogP contribution in [0.25, 0.3) is 0 Å². The van der Waals surface area contributed by atoms with Crippen molar-refractivity contribution in [2.45, 2.75) is 103 Å². The largest absolute Gasteiger partial charge is 0.469 e. The Balaban J connectivity index is 4.42. The van der Waals surface area contributed by atoms with Gasteiger partial charge in [-0.1, -0.05) is 83.5 Å². The zero-order valence-corrected chi connectivity index (χ0v) is 24.9. The van der Waals surface area contributed by atoms with E-state index in [2.05, 4.69) is 82.5 Å². The smallest absolute Gasteiger partial charge is 0.456 e. The number of carbonyl (C=O) groups excluding carboxylic acids is 2. The molecule has 0 fully saturated rings. The molecule has 1 atom stereocenters. The van der Waals surface area contributed by atoms with Crippen LogP contribution in [0, 0.1) is 71.0 Å². The van der Waals surface area contributed by atoms with E-state index >= 15 is 0 Å². The Kier molecular flexibility index (Phi) is 24.3. The average Bonchev–Trinajstić information content (AvgIpc) is 2.93. The van der Waals surface area contributed by atoms with Gasteiger partial charge in [0.2, 0.25) is 0 Å². The standard InChI is InChI=1S/C32H39O8P/c1-3-5-7-9-11-13-15-17-19-21-23-25-27-32(34)40-30(29-39-41(35,36)37)28-38-31(33)26-24-22-20-18-16-14-12-10-8-6-4-2/h30H,3,5,7,9,11,13,15,17,19,21,23,25,27-29H2,1-2H3,(H2,35,36,37)/t30-/m1/s1. The zero-order valence-electron chi connectivity index (χ0n) is 24.0. The molecule has 0 heterocycles. The highest BCUT2D eigenvalue weighted by Crippen LogP contribution is 2.35. The van der Waals surface area contributed by atoms with Gasteiger partial charge in [0.1, 0.15) is 6.61 Å². The fraction of sp³-hybridized carbons (Fsp3) is 0.562. The number of phosphoric acid groups is 1. The first-order chi connectivity index (χ1) is 19.8. The summed E-state index contributed by atoms with van der Waals surface area (Å²) in [6, 6.07) is 0. The predicted octanol–water partition coefficient (Wildman–Crippen LogP) is 4.68. The Morgan fingerprint density at radius 2 is 1.15 bits per heavy atom. The first-order valence-electron chi connectivity index (χ1n) is 13.8. The van der Waals surface area contributed by atoms with E-state index in [4.69, 9.17) is 19.3 Å². The molecule has 0 aliphatic carbocycles. The average molecular weight is 583 g/mol. The Morgan fingerprint density at radius 3 is 1.63 bits per heavy atom. The third-order valence-corrected chi connectivity index (χ3v) is 5.70. The minimum absolute atomic E-state index is 0.137. The Labute approximate surface area is 245 Å². The highest BCUT2D eigenvalue weighted by atomic mass is 31.2. The lowest BCUT2D eigenvalue weighted by molar-refractivity contribution is -0.158. The number of rotatable bonds is 19. The van der Waals surface area contributed by atoms with Crippen LogP contribution in [0.4, 0.5) is 0 Å². The quantitative estimate of drug-likeness (QED) is 0.0741. The first-order valence-corrected chi connectivity index (χ1v) is 15.3. The molecule has 0 rings (SSSR count). The predicted molar refractivity (Wildman–Crippen MR) is 157 cm³/mol. The molecule has 0 aliphatic rings. The number of esters is 2. The molecule has 0 saturated heterocycles. The number of phosphoric ester groups is 1. The lowest BCUT2D eigenvalue weighted by atomic mass is 10.0. The topological polar surface area (TPSA) is 119 Å². The molecule has 0 aromatic heterocycles. The molecule has 220 valence electrons. The third kappa shape index (κ3) is 29.2. The van der Waals surface area contributed by atoms with Gasteiger partial charge in [0.05, 0.1) is 6.61 Å². The molecule has 0 amide bonds. The molecule has 2 N–H and O–H groups in total. The molecule has 9 heteroatoms. The van der Waals surface area contributed by atoms with Crippen LogP contribution in [-0.4, -0.2) is 41.0 Å². The molecule has 0 aliphatic heterocycles. The zero-order chi connectivity index (χ0) is 30.4. The monoisotopic (exact) mass is 582 g/mol. The van der Waals surface area contributed by atoms with Crippen molar-refractivity contribution in [2.75, 3.05) is 13.2 Å². The number of ether oxygens (including phenoxy) is 2. The van der Waals surface area contributed by atoms with Crippen molar-refractivity contribution in [3.63, 3.8) is 0 Å². The summed E-state index contributed by atoms with van der Waals surface area (Å²) in [5.41, 5.74) is 0. The summed E-state index contributed by atoms with van der Waals surface area (Å²) in [5.74, 6) is 27.3. The van der Waals surface area contributed by atoms with Gasteiger partial charge in [0.25, 0.3) is 0 Å². The van der Waals surface area contributed by atoms with Crippen LogP contribution in [0.15, 0.2) is 0 Å². The van der Waals surface area contributed by atoms with E-state index in [0.717, 1.165) is 19.3 Å². The molecule has 0 radical (unpaired) electrons. The van der Waals surface area contributed by atoms with Crippen molar-refractivity contribution in [3.8, 4) is 71.0 Å². The van der Waals surface area contributed by atoms with Crippen molar-refractivity contribution < 1.29 is 37.9 Å². The molecule has 0 spiro atoms. The van der Waals surface area contributed by atoms with Gasteiger partial charge in [-0.15, -0.1) is 0 Å². The summed E-state index contributed by atoms with van der Waals surface area (Å²) in [6.45, 7) is 2.72. The number of carbonyl (C=O) groups is 2. The van der Waals surface area contributed by atoms with E-state index in [9.17, 15) is 14.2 Å². The molecule has 41 heavy (non-hydrogen) atoms. The highest BCUT2D eigenvalue weighted by molar-refractivity contribution is 7.46. The van der Waals surface area contributed by atoms with Crippen molar-refractivity contribution in [3.05, 3.63) is 0 Å². The van der Waals surface area contributed by atoms with Gasteiger partial charge in [-0.2, -0.15) is 0 Å². The summed E-state index contributed by atoms with van der Waals surface area (Å²) in [6.07, 6.45) is 12.8. The maximum atomic E-state index is 12.2. The second kappa shape index (κ2) is 26.6. The SMILES string of the molecule is CC#CC#CC#CC#CC#CC#CC(=O)OC[C@H](COP(=O)(O)O)OC(=O)CCCCCCCCCCCCCC. The van der Waals surface area contributed by atoms with Gasteiger partial charge in [-0.25, -0.2) is 9.36 Å². The molecular formula is C32H39O8P. The van der Waals surface area contributed by atoms with Crippen molar-refractivity contribution in [2.24, 2.45) is 0 Å². The summed E-state index contributed by atoms with van der Waals surface area (Å²) in [5, 5.41) is 0. The van der Waals surface area contributed by atoms with Crippen LogP contribution < -0.4 is 0 Å². The van der Waals surface area contributed by atoms with Gasteiger partial charge in [-0.05, 0) is 72.5 Å². The van der Waals surface area contributed by atoms with E-state index in [-0.39, 0.29) is 6.42 Å². The van der Waals surface area contributed by atoms with Crippen LogP contribution in [0.1, 0.15) is 97.3 Å².